The zero-order chi connectivity index (χ0) is 18.4. The lowest BCUT2D eigenvalue weighted by Crippen LogP contribution is -2.22. The van der Waals surface area contributed by atoms with Crippen LogP contribution in [0, 0.1) is 7.14 Å². The van der Waals surface area contributed by atoms with Gasteiger partial charge in [0.25, 0.3) is 0 Å². The molecule has 0 fully saturated rings. The van der Waals surface area contributed by atoms with E-state index in [2.05, 4.69) is 6.58 Å². The average Bonchev–Trinajstić information content (AvgIpc) is 2.60. The molecule has 130 valence electrons. The number of ether oxygens (including phenoxy) is 2. The Labute approximate surface area is 172 Å². The second-order valence-corrected chi connectivity index (χ2v) is 7.19. The average molecular weight is 563 g/mol. The highest BCUT2D eigenvalue weighted by Crippen LogP contribution is 2.28. The standard InChI is InChI=1S/C18H14I2O5/c1-2-11-3-5-12(6-4-11)18(23)25-8-7-24-16-14(19)9-13(17(21)22)10-15(16)20/h2-6,9-10H,1,7-8H2,(H,21,22)/p-1. The predicted octanol–water partition coefficient (Wildman–Crippen LogP) is 3.14. The summed E-state index contributed by atoms with van der Waals surface area (Å²) in [7, 11) is 0. The minimum absolute atomic E-state index is 0.0798. The summed E-state index contributed by atoms with van der Waals surface area (Å²) >= 11 is 3.98. The molecule has 2 aromatic rings. The SMILES string of the molecule is C=Cc1ccc(C(=O)OCCOc2c(I)cc(C(=O)[O-])cc2I)cc1. The highest BCUT2D eigenvalue weighted by molar-refractivity contribution is 14.1. The van der Waals surface area contributed by atoms with Gasteiger partial charge in [0.1, 0.15) is 19.0 Å². The van der Waals surface area contributed by atoms with Crippen molar-refractivity contribution in [2.24, 2.45) is 0 Å². The molecule has 5 nitrogen and oxygen atoms in total. The predicted molar refractivity (Wildman–Crippen MR) is 109 cm³/mol. The van der Waals surface area contributed by atoms with E-state index in [4.69, 9.17) is 9.47 Å². The molecule has 0 aromatic heterocycles. The first kappa shape index (κ1) is 19.7. The summed E-state index contributed by atoms with van der Waals surface area (Å²) in [6.45, 7) is 3.89. The van der Waals surface area contributed by atoms with E-state index in [-0.39, 0.29) is 18.8 Å². The highest BCUT2D eigenvalue weighted by Gasteiger charge is 2.11. The van der Waals surface area contributed by atoms with Crippen LogP contribution in [0.3, 0.4) is 0 Å². The van der Waals surface area contributed by atoms with Gasteiger partial charge in [-0.05, 0) is 80.6 Å². The Hall–Kier alpha value is -1.62. The van der Waals surface area contributed by atoms with Crippen LogP contribution in [0.5, 0.6) is 5.75 Å². The first-order chi connectivity index (χ1) is 11.9. The van der Waals surface area contributed by atoms with Crippen molar-refractivity contribution in [2.75, 3.05) is 13.2 Å². The van der Waals surface area contributed by atoms with Gasteiger partial charge in [-0.2, -0.15) is 0 Å². The van der Waals surface area contributed by atoms with E-state index in [1.54, 1.807) is 30.3 Å². The van der Waals surface area contributed by atoms with Crippen LogP contribution >= 0.6 is 45.2 Å². The third kappa shape index (κ3) is 5.43. The number of carbonyl (C=O) groups is 2. The summed E-state index contributed by atoms with van der Waals surface area (Å²) in [6.07, 6.45) is 1.69. The molecule has 0 unspecified atom stereocenters. The van der Waals surface area contributed by atoms with E-state index < -0.39 is 11.9 Å². The van der Waals surface area contributed by atoms with Gasteiger partial charge in [0.15, 0.2) is 0 Å². The smallest absolute Gasteiger partial charge is 0.338 e. The number of aromatic carboxylic acids is 1. The second kappa shape index (κ2) is 9.18. The Morgan fingerprint density at radius 2 is 1.64 bits per heavy atom. The molecule has 7 heteroatoms. The quantitative estimate of drug-likeness (QED) is 0.294. The fourth-order valence-corrected chi connectivity index (χ4v) is 4.01. The van der Waals surface area contributed by atoms with Crippen LogP contribution in [0.2, 0.25) is 0 Å². The lowest BCUT2D eigenvalue weighted by Gasteiger charge is -2.13. The molecule has 0 N–H and O–H groups in total. The minimum Gasteiger partial charge on any atom is -0.545 e. The molecule has 0 atom stereocenters. The van der Waals surface area contributed by atoms with E-state index in [9.17, 15) is 14.7 Å². The first-order valence-corrected chi connectivity index (χ1v) is 9.31. The molecule has 0 saturated carbocycles. The van der Waals surface area contributed by atoms with Crippen LogP contribution in [0.15, 0.2) is 43.0 Å². The van der Waals surface area contributed by atoms with Crippen molar-refractivity contribution in [3.05, 3.63) is 66.8 Å². The van der Waals surface area contributed by atoms with Gasteiger partial charge in [0.05, 0.1) is 18.7 Å². The number of halogens is 2. The lowest BCUT2D eigenvalue weighted by molar-refractivity contribution is -0.255. The third-order valence-electron chi connectivity index (χ3n) is 3.18. The molecule has 2 aromatic carbocycles. The lowest BCUT2D eigenvalue weighted by atomic mass is 10.1. The summed E-state index contributed by atoms with van der Waals surface area (Å²) in [6, 6.07) is 9.85. The van der Waals surface area contributed by atoms with Crippen LogP contribution in [0.4, 0.5) is 0 Å². The Morgan fingerprint density at radius 3 is 2.16 bits per heavy atom. The maximum atomic E-state index is 11.9. The van der Waals surface area contributed by atoms with E-state index in [0.29, 0.717) is 18.5 Å². The summed E-state index contributed by atoms with van der Waals surface area (Å²) in [5.41, 5.74) is 1.47. The van der Waals surface area contributed by atoms with Gasteiger partial charge < -0.3 is 19.4 Å². The van der Waals surface area contributed by atoms with Crippen molar-refractivity contribution in [1.29, 1.82) is 0 Å². The van der Waals surface area contributed by atoms with Crippen molar-refractivity contribution in [3.8, 4) is 5.75 Å². The van der Waals surface area contributed by atoms with Crippen molar-refractivity contribution in [1.82, 2.24) is 0 Å². The Kier molecular flexibility index (Phi) is 7.24. The maximum absolute atomic E-state index is 11.9. The first-order valence-electron chi connectivity index (χ1n) is 7.15. The van der Waals surface area contributed by atoms with Gasteiger partial charge >= 0.3 is 5.97 Å². The van der Waals surface area contributed by atoms with Crippen LogP contribution in [-0.2, 0) is 4.74 Å². The second-order valence-electron chi connectivity index (χ2n) is 4.87. The van der Waals surface area contributed by atoms with Gasteiger partial charge in [0, 0.05) is 0 Å². The highest BCUT2D eigenvalue weighted by atomic mass is 127. The Bertz CT molecular complexity index is 777. The Morgan fingerprint density at radius 1 is 1.04 bits per heavy atom. The number of esters is 1. The fourth-order valence-electron chi connectivity index (χ4n) is 1.93. The molecule has 0 saturated heterocycles. The van der Waals surface area contributed by atoms with Gasteiger partial charge in [-0.15, -0.1) is 0 Å². The minimum atomic E-state index is -1.24. The molecule has 2 rings (SSSR count). The normalized spacial score (nSPS) is 10.2. The number of hydrogen-bond donors (Lipinski definition) is 0. The summed E-state index contributed by atoms with van der Waals surface area (Å²) in [5.74, 6) is -1.12. The molecule has 0 spiro atoms. The number of carboxylic acid groups (broad SMARTS) is 1. The van der Waals surface area contributed by atoms with Crippen molar-refractivity contribution < 1.29 is 24.2 Å². The fraction of sp³-hybridized carbons (Fsp3) is 0.111. The molecule has 0 bridgehead atoms. The van der Waals surface area contributed by atoms with E-state index in [1.165, 1.54) is 12.1 Å². The molecule has 0 amide bonds. The van der Waals surface area contributed by atoms with E-state index >= 15 is 0 Å². The zero-order valence-corrected chi connectivity index (χ0v) is 17.3. The van der Waals surface area contributed by atoms with Crippen molar-refractivity contribution in [2.45, 2.75) is 0 Å². The summed E-state index contributed by atoms with van der Waals surface area (Å²) in [5, 5.41) is 10.9. The van der Waals surface area contributed by atoms with Crippen LogP contribution in [-0.4, -0.2) is 25.2 Å². The number of carbonyl (C=O) groups excluding carboxylic acids is 2. The molecule has 0 aliphatic heterocycles. The number of benzene rings is 2. The third-order valence-corrected chi connectivity index (χ3v) is 4.78. The van der Waals surface area contributed by atoms with Crippen LogP contribution < -0.4 is 9.84 Å². The molecule has 0 aliphatic carbocycles. The molecule has 25 heavy (non-hydrogen) atoms. The van der Waals surface area contributed by atoms with Crippen molar-refractivity contribution >= 4 is 63.2 Å². The summed E-state index contributed by atoms with van der Waals surface area (Å²) in [4.78, 5) is 22.8. The molecule has 0 heterocycles. The molecule has 0 radical (unpaired) electrons. The van der Waals surface area contributed by atoms with Gasteiger partial charge in [-0.3, -0.25) is 0 Å². The van der Waals surface area contributed by atoms with Gasteiger partial charge in [-0.25, -0.2) is 4.79 Å². The van der Waals surface area contributed by atoms with Crippen molar-refractivity contribution in [3.63, 3.8) is 0 Å². The van der Waals surface area contributed by atoms with Gasteiger partial charge in [0.2, 0.25) is 0 Å². The number of rotatable bonds is 7. The maximum Gasteiger partial charge on any atom is 0.338 e. The zero-order valence-electron chi connectivity index (χ0n) is 13.0. The topological polar surface area (TPSA) is 75.7 Å². The summed E-state index contributed by atoms with van der Waals surface area (Å²) < 4.78 is 12.1. The number of hydrogen-bond acceptors (Lipinski definition) is 5. The van der Waals surface area contributed by atoms with E-state index in [0.717, 1.165) is 5.56 Å². The molecule has 0 aliphatic rings. The molecular formula is C18H13I2O5-. The number of carboxylic acids is 1. The molecular weight excluding hydrogens is 550 g/mol. The van der Waals surface area contributed by atoms with Gasteiger partial charge in [-0.1, -0.05) is 24.8 Å². The Balaban J connectivity index is 1.89. The van der Waals surface area contributed by atoms with E-state index in [1.807, 2.05) is 45.2 Å². The monoisotopic (exact) mass is 563 g/mol. The van der Waals surface area contributed by atoms with Crippen LogP contribution in [0.25, 0.3) is 6.08 Å². The largest absolute Gasteiger partial charge is 0.545 e. The van der Waals surface area contributed by atoms with Crippen LogP contribution in [0.1, 0.15) is 26.3 Å².